The van der Waals surface area contributed by atoms with E-state index >= 15 is 0 Å². The molecule has 4 aromatic rings. The zero-order valence-corrected chi connectivity index (χ0v) is 37.8. The zero-order valence-electron chi connectivity index (χ0n) is 36.9. The van der Waals surface area contributed by atoms with E-state index in [1.807, 2.05) is 37.1 Å². The van der Waals surface area contributed by atoms with Gasteiger partial charge in [-0.25, -0.2) is 15.2 Å². The summed E-state index contributed by atoms with van der Waals surface area (Å²) in [4.78, 5) is 70.0. The molecule has 2 N–H and O–H groups in total. The van der Waals surface area contributed by atoms with E-state index in [0.29, 0.717) is 63.7 Å². The SMILES string of the molecule is CCn1c(-c2cccnc2[C@H](C)OC)c2c3cc(ccc31)-c1csc(n1)C[C@H](NC(=O)[C@H](C(C)C)N1CCN([C@H]3CCOC3)C1=O)C(=O)N1CCC[C@H](N1)C(=O)OCC(C)(C)C2. The summed E-state index contributed by atoms with van der Waals surface area (Å²) in [6, 6.07) is 7.68. The zero-order chi connectivity index (χ0) is 43.9. The second kappa shape index (κ2) is 18.1. The minimum Gasteiger partial charge on any atom is -0.464 e. The molecule has 4 aliphatic rings. The molecule has 6 bridgehead atoms. The van der Waals surface area contributed by atoms with Gasteiger partial charge in [0.15, 0.2) is 0 Å². The number of esters is 1. The van der Waals surface area contributed by atoms with Crippen LogP contribution < -0.4 is 10.7 Å². The van der Waals surface area contributed by atoms with Crippen molar-refractivity contribution in [3.63, 3.8) is 0 Å². The van der Waals surface area contributed by atoms with Gasteiger partial charge in [0.1, 0.15) is 18.1 Å². The number of cyclic esters (lactones) is 1. The molecule has 332 valence electrons. The number of nitrogens with zero attached hydrogens (tertiary/aromatic N) is 6. The highest BCUT2D eigenvalue weighted by Gasteiger charge is 2.44. The van der Waals surface area contributed by atoms with Crippen molar-refractivity contribution < 1.29 is 33.4 Å². The maximum atomic E-state index is 14.6. The number of carbonyl (C=O) groups is 4. The number of benzene rings is 1. The summed E-state index contributed by atoms with van der Waals surface area (Å²) in [7, 11) is 1.69. The van der Waals surface area contributed by atoms with Crippen molar-refractivity contribution in [2.45, 2.75) is 110 Å². The molecule has 0 saturated carbocycles. The Bertz CT molecular complexity index is 2320. The number of hydrazine groups is 1. The van der Waals surface area contributed by atoms with Crippen LogP contribution in [-0.4, -0.2) is 124 Å². The lowest BCUT2D eigenvalue weighted by molar-refractivity contribution is -0.155. The third kappa shape index (κ3) is 8.58. The third-order valence-electron chi connectivity index (χ3n) is 12.8. The lowest BCUT2D eigenvalue weighted by atomic mass is 9.84. The molecule has 1 aromatic carbocycles. The number of hydrogen-bond donors (Lipinski definition) is 2. The number of carbonyl (C=O) groups excluding carboxylic acids is 4. The van der Waals surface area contributed by atoms with Gasteiger partial charge in [0.2, 0.25) is 5.91 Å². The van der Waals surface area contributed by atoms with Gasteiger partial charge in [-0.05, 0) is 75.3 Å². The lowest BCUT2D eigenvalue weighted by Gasteiger charge is -2.36. The van der Waals surface area contributed by atoms with Crippen molar-refractivity contribution in [2.24, 2.45) is 11.3 Å². The first-order valence-electron chi connectivity index (χ1n) is 22.1. The van der Waals surface area contributed by atoms with Gasteiger partial charge in [0.05, 0.1) is 47.4 Å². The Morgan fingerprint density at radius 1 is 1.11 bits per heavy atom. The molecule has 3 aromatic heterocycles. The van der Waals surface area contributed by atoms with E-state index in [4.69, 9.17) is 24.2 Å². The topological polar surface area (TPSA) is 160 Å². The largest absolute Gasteiger partial charge is 0.464 e. The second-order valence-corrected chi connectivity index (χ2v) is 19.1. The van der Waals surface area contributed by atoms with E-state index in [0.717, 1.165) is 51.1 Å². The van der Waals surface area contributed by atoms with E-state index in [1.54, 1.807) is 18.2 Å². The molecule has 7 heterocycles. The number of aromatic nitrogens is 3. The molecular weight excluding hydrogens is 809 g/mol. The Hall–Kier alpha value is -4.90. The fraction of sp³-hybridized carbons (Fsp3) is 0.565. The molecule has 5 atom stereocenters. The summed E-state index contributed by atoms with van der Waals surface area (Å²) in [5, 5.41) is 8.25. The van der Waals surface area contributed by atoms with Crippen molar-refractivity contribution in [3.8, 4) is 22.5 Å². The maximum Gasteiger partial charge on any atom is 0.324 e. The van der Waals surface area contributed by atoms with Crippen LogP contribution in [0.4, 0.5) is 4.79 Å². The molecule has 3 saturated heterocycles. The number of rotatable bonds is 9. The van der Waals surface area contributed by atoms with E-state index in [-0.39, 0.29) is 43.0 Å². The Morgan fingerprint density at radius 3 is 2.68 bits per heavy atom. The van der Waals surface area contributed by atoms with Crippen molar-refractivity contribution in [1.29, 1.82) is 0 Å². The second-order valence-electron chi connectivity index (χ2n) is 18.1. The first kappa shape index (κ1) is 43.7. The number of amides is 4. The molecule has 4 aliphatic heterocycles. The number of fused-ring (bicyclic) bond motifs is 6. The first-order chi connectivity index (χ1) is 29.8. The van der Waals surface area contributed by atoms with Gasteiger partial charge >= 0.3 is 12.0 Å². The van der Waals surface area contributed by atoms with E-state index in [2.05, 4.69) is 60.3 Å². The normalized spacial score (nSPS) is 23.2. The number of urea groups is 1. The van der Waals surface area contributed by atoms with E-state index in [9.17, 15) is 19.2 Å². The Balaban J connectivity index is 1.18. The summed E-state index contributed by atoms with van der Waals surface area (Å²) < 4.78 is 19.8. The number of thiazole rings is 1. The van der Waals surface area contributed by atoms with Crippen molar-refractivity contribution in [3.05, 3.63) is 58.2 Å². The van der Waals surface area contributed by atoms with Crippen LogP contribution in [-0.2, 0) is 48.0 Å². The fourth-order valence-electron chi connectivity index (χ4n) is 9.56. The number of nitrogens with one attached hydrogen (secondary N) is 2. The average Bonchev–Trinajstić information content (AvgIpc) is 4.09. The quantitative estimate of drug-likeness (QED) is 0.198. The first-order valence-corrected chi connectivity index (χ1v) is 22.9. The number of methoxy groups -OCH3 is 1. The molecule has 0 spiro atoms. The van der Waals surface area contributed by atoms with Gasteiger partial charge in [-0.2, -0.15) is 0 Å². The molecule has 62 heavy (non-hydrogen) atoms. The monoisotopic (exact) mass is 868 g/mol. The molecule has 16 heteroatoms. The number of aryl methyl sites for hydroxylation is 1. The molecule has 0 unspecified atom stereocenters. The van der Waals surface area contributed by atoms with Crippen molar-refractivity contribution in [1.82, 2.24) is 40.1 Å². The minimum atomic E-state index is -1.03. The Labute approximate surface area is 367 Å². The molecular formula is C46H60N8O7S. The van der Waals surface area contributed by atoms with Crippen LogP contribution in [0.2, 0.25) is 0 Å². The van der Waals surface area contributed by atoms with Gasteiger partial charge in [-0.3, -0.25) is 24.4 Å². The van der Waals surface area contributed by atoms with Gasteiger partial charge in [-0.15, -0.1) is 11.3 Å². The van der Waals surface area contributed by atoms with Gasteiger partial charge < -0.3 is 33.9 Å². The summed E-state index contributed by atoms with van der Waals surface area (Å²) in [5.41, 5.74) is 9.41. The smallest absolute Gasteiger partial charge is 0.324 e. The number of hydrogen-bond acceptors (Lipinski definition) is 11. The molecule has 3 fully saturated rings. The molecule has 15 nitrogen and oxygen atoms in total. The summed E-state index contributed by atoms with van der Waals surface area (Å²) in [6.07, 6.45) is 4.08. The van der Waals surface area contributed by atoms with Crippen LogP contribution in [0.5, 0.6) is 0 Å². The molecule has 0 aliphatic carbocycles. The fourth-order valence-corrected chi connectivity index (χ4v) is 10.4. The average molecular weight is 869 g/mol. The minimum absolute atomic E-state index is 0.0126. The Morgan fingerprint density at radius 2 is 1.94 bits per heavy atom. The lowest BCUT2D eigenvalue weighted by Crippen LogP contribution is -2.62. The van der Waals surface area contributed by atoms with Crippen LogP contribution in [0, 0.1) is 11.3 Å². The number of ether oxygens (including phenoxy) is 3. The predicted octanol–water partition coefficient (Wildman–Crippen LogP) is 5.75. The highest BCUT2D eigenvalue weighted by molar-refractivity contribution is 7.10. The maximum absolute atomic E-state index is 14.6. The van der Waals surface area contributed by atoms with Gasteiger partial charge in [0, 0.05) is 85.3 Å². The summed E-state index contributed by atoms with van der Waals surface area (Å²) >= 11 is 1.43. The highest BCUT2D eigenvalue weighted by atomic mass is 32.1. The van der Waals surface area contributed by atoms with Crippen LogP contribution in [0.3, 0.4) is 0 Å². The summed E-state index contributed by atoms with van der Waals surface area (Å²) in [6.45, 7) is 15.4. The van der Waals surface area contributed by atoms with Crippen LogP contribution >= 0.6 is 11.3 Å². The molecule has 8 rings (SSSR count). The highest BCUT2D eigenvalue weighted by Crippen LogP contribution is 2.42. The molecule has 4 amide bonds. The van der Waals surface area contributed by atoms with Gasteiger partial charge in [0.25, 0.3) is 5.91 Å². The van der Waals surface area contributed by atoms with Crippen LogP contribution in [0.1, 0.15) is 83.2 Å². The third-order valence-corrected chi connectivity index (χ3v) is 13.7. The Kier molecular flexibility index (Phi) is 12.7. The van der Waals surface area contributed by atoms with E-state index < -0.39 is 35.4 Å². The summed E-state index contributed by atoms with van der Waals surface area (Å²) in [5.74, 6) is -1.46. The number of pyridine rings is 1. The van der Waals surface area contributed by atoms with Gasteiger partial charge in [-0.1, -0.05) is 33.8 Å². The molecule has 0 radical (unpaired) electrons. The van der Waals surface area contributed by atoms with Crippen LogP contribution in [0.15, 0.2) is 41.9 Å². The predicted molar refractivity (Wildman–Crippen MR) is 236 cm³/mol. The van der Waals surface area contributed by atoms with Crippen molar-refractivity contribution >= 4 is 46.1 Å². The van der Waals surface area contributed by atoms with Crippen LogP contribution in [0.25, 0.3) is 33.4 Å². The van der Waals surface area contributed by atoms with E-state index in [1.165, 1.54) is 16.3 Å². The van der Waals surface area contributed by atoms with Crippen molar-refractivity contribution in [2.75, 3.05) is 46.6 Å². The standard InChI is InChI=1S/C46H60N8O7S/c1-8-51-37-14-13-29-21-32(37)33(41(51)31-11-9-16-47-39(31)28(4)59-7)23-46(5,6)26-61-44(57)34-12-10-17-54(50-34)43(56)35(22-38-48-36(29)25-62-38)49-42(55)40(27(2)3)53-19-18-52(45(53)58)30-15-20-60-24-30/h9,11,13-14,16,21,25,27-28,30,34-35,40,50H,8,10,12,15,17-20,22-24,26H2,1-7H3,(H,49,55)/t28-,30-,34-,35-,40-/m0/s1.